The lowest BCUT2D eigenvalue weighted by atomic mass is 9.71. The lowest BCUT2D eigenvalue weighted by Crippen LogP contribution is -2.24. The third-order valence-corrected chi connectivity index (χ3v) is 3.78. The fourth-order valence-electron chi connectivity index (χ4n) is 2.72. The molecule has 0 spiro atoms. The van der Waals surface area contributed by atoms with Crippen LogP contribution in [0.2, 0.25) is 0 Å². The summed E-state index contributed by atoms with van der Waals surface area (Å²) in [7, 11) is 0. The summed E-state index contributed by atoms with van der Waals surface area (Å²) >= 11 is 0. The van der Waals surface area contributed by atoms with Crippen LogP contribution in [0, 0.1) is 6.92 Å². The van der Waals surface area contributed by atoms with Gasteiger partial charge in [-0.2, -0.15) is 0 Å². The molecule has 1 aromatic rings. The Hall–Kier alpha value is -1.70. The number of hydrogen-bond donors (Lipinski definition) is 2. The fraction of sp³-hybridized carbons (Fsp3) is 0.375. The molecule has 0 fully saturated rings. The van der Waals surface area contributed by atoms with Crippen molar-refractivity contribution in [1.29, 1.82) is 0 Å². The molecule has 0 bridgehead atoms. The van der Waals surface area contributed by atoms with Crippen LogP contribution in [0.1, 0.15) is 37.3 Å². The van der Waals surface area contributed by atoms with Crippen LogP contribution < -0.4 is 0 Å². The first kappa shape index (κ1) is 12.7. The minimum Gasteiger partial charge on any atom is -0.508 e. The van der Waals surface area contributed by atoms with Crippen molar-refractivity contribution in [2.24, 2.45) is 0 Å². The van der Waals surface area contributed by atoms with Gasteiger partial charge in [0.25, 0.3) is 0 Å². The minimum atomic E-state index is -0.133. The Balaban J connectivity index is 2.53. The van der Waals surface area contributed by atoms with Gasteiger partial charge in [0, 0.05) is 16.5 Å². The highest BCUT2D eigenvalue weighted by atomic mass is 16.3. The molecule has 0 heterocycles. The smallest absolute Gasteiger partial charge is 0.126 e. The second kappa shape index (κ2) is 4.89. The standard InChI is InChI=1S/C16H20O2/c1-3-9-16(10-5-4-6-11-16)13-7-8-14(17)12(2)15(13)18/h4-8,10,17-18H,3,9,11H2,1-2H3. The molecule has 1 unspecified atom stereocenters. The summed E-state index contributed by atoms with van der Waals surface area (Å²) in [5.41, 5.74) is 1.35. The maximum absolute atomic E-state index is 10.3. The number of phenols is 2. The van der Waals surface area contributed by atoms with Crippen molar-refractivity contribution in [2.75, 3.05) is 0 Å². The monoisotopic (exact) mass is 244 g/mol. The lowest BCUT2D eigenvalue weighted by molar-refractivity contribution is 0.410. The molecular weight excluding hydrogens is 224 g/mol. The molecule has 96 valence electrons. The van der Waals surface area contributed by atoms with Gasteiger partial charge in [-0.15, -0.1) is 0 Å². The van der Waals surface area contributed by atoms with Gasteiger partial charge in [-0.1, -0.05) is 43.7 Å². The second-order valence-corrected chi connectivity index (χ2v) is 5.00. The topological polar surface area (TPSA) is 40.5 Å². The Kier molecular flexibility index (Phi) is 3.46. The van der Waals surface area contributed by atoms with Crippen LogP contribution >= 0.6 is 0 Å². The van der Waals surface area contributed by atoms with Crippen LogP contribution in [0.15, 0.2) is 36.4 Å². The van der Waals surface area contributed by atoms with E-state index in [1.165, 1.54) is 0 Å². The number of hydrogen-bond acceptors (Lipinski definition) is 2. The SMILES string of the molecule is CCCC1(c2ccc(O)c(C)c2O)C=CC=CC1. The van der Waals surface area contributed by atoms with E-state index in [-0.39, 0.29) is 16.9 Å². The van der Waals surface area contributed by atoms with E-state index in [9.17, 15) is 10.2 Å². The first-order valence-electron chi connectivity index (χ1n) is 6.47. The zero-order chi connectivity index (χ0) is 13.2. The first-order valence-corrected chi connectivity index (χ1v) is 6.47. The molecule has 0 amide bonds. The van der Waals surface area contributed by atoms with Crippen LogP contribution in [0.3, 0.4) is 0 Å². The summed E-state index contributed by atoms with van der Waals surface area (Å²) in [6.07, 6.45) is 11.3. The fourth-order valence-corrected chi connectivity index (χ4v) is 2.72. The van der Waals surface area contributed by atoms with Crippen molar-refractivity contribution in [3.8, 4) is 11.5 Å². The highest BCUT2D eigenvalue weighted by Crippen LogP contribution is 2.44. The summed E-state index contributed by atoms with van der Waals surface area (Å²) in [4.78, 5) is 0. The maximum atomic E-state index is 10.3. The van der Waals surface area contributed by atoms with Gasteiger partial charge in [0.15, 0.2) is 0 Å². The molecule has 0 radical (unpaired) electrons. The molecule has 18 heavy (non-hydrogen) atoms. The summed E-state index contributed by atoms with van der Waals surface area (Å²) < 4.78 is 0. The maximum Gasteiger partial charge on any atom is 0.126 e. The summed E-state index contributed by atoms with van der Waals surface area (Å²) in [5, 5.41) is 19.9. The molecule has 2 rings (SSSR count). The highest BCUT2D eigenvalue weighted by molar-refractivity contribution is 5.53. The molecule has 0 aromatic heterocycles. The molecule has 1 aliphatic rings. The number of allylic oxidation sites excluding steroid dienone is 4. The van der Waals surface area contributed by atoms with Crippen molar-refractivity contribution < 1.29 is 10.2 Å². The quantitative estimate of drug-likeness (QED) is 0.845. The van der Waals surface area contributed by atoms with Crippen LogP contribution in [0.4, 0.5) is 0 Å². The second-order valence-electron chi connectivity index (χ2n) is 5.00. The van der Waals surface area contributed by atoms with Gasteiger partial charge in [0.2, 0.25) is 0 Å². The predicted molar refractivity (Wildman–Crippen MR) is 74.0 cm³/mol. The zero-order valence-corrected chi connectivity index (χ0v) is 11.0. The van der Waals surface area contributed by atoms with E-state index in [4.69, 9.17) is 0 Å². The Bertz CT molecular complexity index is 500. The van der Waals surface area contributed by atoms with Gasteiger partial charge in [0.05, 0.1) is 0 Å². The largest absolute Gasteiger partial charge is 0.508 e. The predicted octanol–water partition coefficient (Wildman–Crippen LogP) is 3.96. The van der Waals surface area contributed by atoms with Crippen molar-refractivity contribution in [2.45, 2.75) is 38.5 Å². The van der Waals surface area contributed by atoms with E-state index in [0.717, 1.165) is 24.8 Å². The normalized spacial score (nSPS) is 22.3. The van der Waals surface area contributed by atoms with Gasteiger partial charge in [-0.25, -0.2) is 0 Å². The van der Waals surface area contributed by atoms with E-state index in [1.807, 2.05) is 18.2 Å². The van der Waals surface area contributed by atoms with Gasteiger partial charge >= 0.3 is 0 Å². The Morgan fingerprint density at radius 2 is 2.00 bits per heavy atom. The first-order chi connectivity index (χ1) is 8.60. The zero-order valence-electron chi connectivity index (χ0n) is 11.0. The van der Waals surface area contributed by atoms with Crippen molar-refractivity contribution >= 4 is 0 Å². The van der Waals surface area contributed by atoms with E-state index in [1.54, 1.807) is 13.0 Å². The molecule has 2 N–H and O–H groups in total. The van der Waals surface area contributed by atoms with Crippen LogP contribution in [0.25, 0.3) is 0 Å². The number of aromatic hydroxyl groups is 2. The Labute approximate surface area is 108 Å². The molecule has 1 aliphatic carbocycles. The molecular formula is C16H20O2. The van der Waals surface area contributed by atoms with Gasteiger partial charge in [-0.3, -0.25) is 0 Å². The van der Waals surface area contributed by atoms with E-state index in [0.29, 0.717) is 5.56 Å². The van der Waals surface area contributed by atoms with Crippen molar-refractivity contribution in [3.63, 3.8) is 0 Å². The molecule has 1 atom stereocenters. The van der Waals surface area contributed by atoms with Gasteiger partial charge in [0.1, 0.15) is 11.5 Å². The minimum absolute atomic E-state index is 0.133. The lowest BCUT2D eigenvalue weighted by Gasteiger charge is -2.32. The molecule has 0 saturated carbocycles. The van der Waals surface area contributed by atoms with Crippen LogP contribution in [-0.2, 0) is 5.41 Å². The van der Waals surface area contributed by atoms with Crippen LogP contribution in [0.5, 0.6) is 11.5 Å². The van der Waals surface area contributed by atoms with Crippen LogP contribution in [-0.4, -0.2) is 10.2 Å². The van der Waals surface area contributed by atoms with Crippen molar-refractivity contribution in [1.82, 2.24) is 0 Å². The third kappa shape index (κ3) is 2.03. The van der Waals surface area contributed by atoms with E-state index < -0.39 is 0 Å². The summed E-state index contributed by atoms with van der Waals surface area (Å²) in [6.45, 7) is 3.90. The Morgan fingerprint density at radius 3 is 2.61 bits per heavy atom. The summed E-state index contributed by atoms with van der Waals surface area (Å²) in [5.74, 6) is 0.377. The van der Waals surface area contributed by atoms with E-state index >= 15 is 0 Å². The van der Waals surface area contributed by atoms with Crippen molar-refractivity contribution in [3.05, 3.63) is 47.6 Å². The molecule has 0 aliphatic heterocycles. The number of rotatable bonds is 3. The molecule has 1 aromatic carbocycles. The number of benzene rings is 1. The molecule has 0 saturated heterocycles. The average Bonchev–Trinajstić information content (AvgIpc) is 2.37. The van der Waals surface area contributed by atoms with Gasteiger partial charge < -0.3 is 10.2 Å². The summed E-state index contributed by atoms with van der Waals surface area (Å²) in [6, 6.07) is 3.52. The van der Waals surface area contributed by atoms with E-state index in [2.05, 4.69) is 19.1 Å². The van der Waals surface area contributed by atoms with Gasteiger partial charge in [-0.05, 0) is 25.8 Å². The molecule has 2 heteroatoms. The average molecular weight is 244 g/mol. The molecule has 2 nitrogen and oxygen atoms in total. The highest BCUT2D eigenvalue weighted by Gasteiger charge is 2.31. The Morgan fingerprint density at radius 1 is 1.22 bits per heavy atom. The number of phenolic OH excluding ortho intramolecular Hbond substituents is 2. The third-order valence-electron chi connectivity index (χ3n) is 3.78.